The second-order valence-electron chi connectivity index (χ2n) is 5.18. The van der Waals surface area contributed by atoms with Crippen LogP contribution >= 0.6 is 31.9 Å². The van der Waals surface area contributed by atoms with Crippen molar-refractivity contribution < 1.29 is 23.8 Å². The van der Waals surface area contributed by atoms with Crippen LogP contribution in [0.5, 0.6) is 11.5 Å². The third-order valence-electron chi connectivity index (χ3n) is 3.62. The maximum absolute atomic E-state index is 12.5. The van der Waals surface area contributed by atoms with Crippen molar-refractivity contribution in [2.45, 2.75) is 6.92 Å². The highest BCUT2D eigenvalue weighted by Crippen LogP contribution is 2.41. The van der Waals surface area contributed by atoms with Gasteiger partial charge in [0.2, 0.25) is 0 Å². The zero-order valence-corrected chi connectivity index (χ0v) is 16.6. The molecule has 0 spiro atoms. The number of carbonyl (C=O) groups is 1. The van der Waals surface area contributed by atoms with Gasteiger partial charge in [-0.2, -0.15) is 0 Å². The zero-order chi connectivity index (χ0) is 18.1. The van der Waals surface area contributed by atoms with Crippen LogP contribution < -0.4 is 4.74 Å². The van der Waals surface area contributed by atoms with Crippen molar-refractivity contribution in [1.29, 1.82) is 0 Å². The summed E-state index contributed by atoms with van der Waals surface area (Å²) in [5.74, 6) is 0.533. The fraction of sp³-hybridized carbons (Fsp3) is 0.167. The number of benzene rings is 2. The van der Waals surface area contributed by atoms with Crippen molar-refractivity contribution in [2.75, 3.05) is 13.7 Å². The van der Waals surface area contributed by atoms with E-state index in [-0.39, 0.29) is 17.9 Å². The van der Waals surface area contributed by atoms with Crippen LogP contribution in [0.2, 0.25) is 0 Å². The number of hydrogen-bond donors (Lipinski definition) is 1. The number of ether oxygens (including phenoxy) is 2. The van der Waals surface area contributed by atoms with Gasteiger partial charge in [-0.15, -0.1) is 0 Å². The van der Waals surface area contributed by atoms with E-state index in [0.717, 1.165) is 0 Å². The molecule has 1 aromatic heterocycles. The Morgan fingerprint density at radius 3 is 2.48 bits per heavy atom. The molecular weight excluding hydrogens is 456 g/mol. The highest BCUT2D eigenvalue weighted by molar-refractivity contribution is 9.11. The summed E-state index contributed by atoms with van der Waals surface area (Å²) in [4.78, 5) is 12.5. The molecule has 0 aliphatic heterocycles. The summed E-state index contributed by atoms with van der Waals surface area (Å²) in [7, 11) is 1.57. The number of furan rings is 1. The molecule has 0 aliphatic rings. The van der Waals surface area contributed by atoms with E-state index in [4.69, 9.17) is 13.9 Å². The van der Waals surface area contributed by atoms with Gasteiger partial charge >= 0.3 is 5.97 Å². The van der Waals surface area contributed by atoms with Gasteiger partial charge < -0.3 is 19.0 Å². The Bertz CT molecular complexity index is 938. The summed E-state index contributed by atoms with van der Waals surface area (Å²) in [5, 5.41) is 10.3. The number of fused-ring (bicyclic) bond motifs is 1. The molecule has 1 heterocycles. The molecule has 0 unspecified atom stereocenters. The molecule has 25 heavy (non-hydrogen) atoms. The van der Waals surface area contributed by atoms with Gasteiger partial charge in [-0.25, -0.2) is 4.79 Å². The highest BCUT2D eigenvalue weighted by Gasteiger charge is 2.24. The molecule has 7 heteroatoms. The minimum Gasteiger partial charge on any atom is -0.508 e. The van der Waals surface area contributed by atoms with Crippen molar-refractivity contribution in [3.63, 3.8) is 0 Å². The van der Waals surface area contributed by atoms with Gasteiger partial charge in [-0.05, 0) is 69.1 Å². The summed E-state index contributed by atoms with van der Waals surface area (Å²) in [6.07, 6.45) is 0. The van der Waals surface area contributed by atoms with Crippen LogP contribution in [0.25, 0.3) is 22.3 Å². The Kier molecular flexibility index (Phi) is 5.06. The lowest BCUT2D eigenvalue weighted by molar-refractivity contribution is 0.0529. The Balaban J connectivity index is 2.29. The number of aromatic hydroxyl groups is 1. The lowest BCUT2D eigenvalue weighted by Crippen LogP contribution is -2.05. The molecule has 5 nitrogen and oxygen atoms in total. The molecule has 130 valence electrons. The molecule has 0 fully saturated rings. The Hall–Kier alpha value is -1.99. The van der Waals surface area contributed by atoms with Crippen LogP contribution in [0, 0.1) is 0 Å². The minimum atomic E-state index is -0.509. The van der Waals surface area contributed by atoms with Gasteiger partial charge in [0.25, 0.3) is 0 Å². The first-order valence-corrected chi connectivity index (χ1v) is 9.00. The molecule has 0 saturated carbocycles. The lowest BCUT2D eigenvalue weighted by Gasteiger charge is -2.09. The number of hydrogen-bond acceptors (Lipinski definition) is 5. The Labute approximate surface area is 160 Å². The van der Waals surface area contributed by atoms with Crippen molar-refractivity contribution >= 4 is 48.8 Å². The number of rotatable bonds is 4. The molecule has 0 atom stereocenters. The summed E-state index contributed by atoms with van der Waals surface area (Å²) in [6.45, 7) is 1.97. The fourth-order valence-electron chi connectivity index (χ4n) is 2.58. The summed E-state index contributed by atoms with van der Waals surface area (Å²) >= 11 is 6.90. The van der Waals surface area contributed by atoms with E-state index in [1.54, 1.807) is 32.2 Å². The smallest absolute Gasteiger partial charge is 0.342 e. The molecule has 3 rings (SSSR count). The topological polar surface area (TPSA) is 68.9 Å². The molecule has 2 aromatic carbocycles. The number of carbonyl (C=O) groups excluding carboxylic acids is 1. The number of methoxy groups -OCH3 is 1. The lowest BCUT2D eigenvalue weighted by atomic mass is 10.1. The maximum atomic E-state index is 12.5. The van der Waals surface area contributed by atoms with E-state index in [9.17, 15) is 9.90 Å². The number of phenolic OH excluding ortho intramolecular Hbond substituents is 1. The van der Waals surface area contributed by atoms with Gasteiger partial charge in [0, 0.05) is 10.9 Å². The van der Waals surface area contributed by atoms with E-state index >= 15 is 0 Å². The Morgan fingerprint density at radius 2 is 1.88 bits per heavy atom. The first kappa shape index (κ1) is 17.8. The number of phenols is 1. The van der Waals surface area contributed by atoms with Crippen molar-refractivity contribution in [2.24, 2.45) is 0 Å². The number of halogens is 2. The zero-order valence-electron chi connectivity index (χ0n) is 13.4. The summed E-state index contributed by atoms with van der Waals surface area (Å²) in [6, 6.07) is 8.20. The molecule has 0 radical (unpaired) electrons. The highest BCUT2D eigenvalue weighted by atomic mass is 79.9. The van der Waals surface area contributed by atoms with Crippen LogP contribution in [-0.2, 0) is 4.74 Å². The van der Waals surface area contributed by atoms with Crippen LogP contribution in [0.1, 0.15) is 17.3 Å². The van der Waals surface area contributed by atoms with Gasteiger partial charge in [0.1, 0.15) is 28.4 Å². The molecule has 0 aliphatic carbocycles. The monoisotopic (exact) mass is 468 g/mol. The van der Waals surface area contributed by atoms with Crippen molar-refractivity contribution in [1.82, 2.24) is 0 Å². The quantitative estimate of drug-likeness (QED) is 0.509. The second-order valence-corrected chi connectivity index (χ2v) is 6.89. The van der Waals surface area contributed by atoms with E-state index in [2.05, 4.69) is 31.9 Å². The third kappa shape index (κ3) is 3.26. The first-order valence-electron chi connectivity index (χ1n) is 7.42. The van der Waals surface area contributed by atoms with Crippen LogP contribution in [0.15, 0.2) is 43.7 Å². The SMILES string of the molecule is CCOC(=O)c1c(-c2cc(Br)c(OC)c(Br)c2)oc2ccc(O)cc12. The maximum Gasteiger partial charge on any atom is 0.342 e. The predicted octanol–water partition coefficient (Wildman–Crippen LogP) is 5.52. The van der Waals surface area contributed by atoms with Gasteiger partial charge in [-0.3, -0.25) is 0 Å². The standard InChI is InChI=1S/C18H14Br2O5/c1-3-24-18(22)15-11-8-10(21)4-5-14(11)25-16(15)9-6-12(19)17(23-2)13(20)7-9/h4-8,21H,3H2,1-2H3. The molecule has 1 N–H and O–H groups in total. The molecule has 3 aromatic rings. The summed E-state index contributed by atoms with van der Waals surface area (Å²) in [5.41, 5.74) is 1.42. The van der Waals surface area contributed by atoms with Crippen LogP contribution in [0.4, 0.5) is 0 Å². The third-order valence-corrected chi connectivity index (χ3v) is 4.79. The molecular formula is C18H14Br2O5. The predicted molar refractivity (Wildman–Crippen MR) is 101 cm³/mol. The normalized spacial score (nSPS) is 10.9. The summed E-state index contributed by atoms with van der Waals surface area (Å²) < 4.78 is 17.8. The van der Waals surface area contributed by atoms with Crippen LogP contribution in [-0.4, -0.2) is 24.8 Å². The van der Waals surface area contributed by atoms with Crippen molar-refractivity contribution in [3.8, 4) is 22.8 Å². The van der Waals surface area contributed by atoms with Gasteiger partial charge in [0.15, 0.2) is 0 Å². The van der Waals surface area contributed by atoms with Crippen molar-refractivity contribution in [3.05, 3.63) is 44.8 Å². The van der Waals surface area contributed by atoms with E-state index in [0.29, 0.717) is 37.0 Å². The number of esters is 1. The minimum absolute atomic E-state index is 0.0440. The van der Waals surface area contributed by atoms with E-state index in [1.807, 2.05) is 0 Å². The van der Waals surface area contributed by atoms with E-state index in [1.165, 1.54) is 12.1 Å². The molecule has 0 bridgehead atoms. The van der Waals surface area contributed by atoms with Crippen LogP contribution in [0.3, 0.4) is 0 Å². The molecule has 0 saturated heterocycles. The Morgan fingerprint density at radius 1 is 1.20 bits per heavy atom. The van der Waals surface area contributed by atoms with Gasteiger partial charge in [0.05, 0.1) is 22.7 Å². The van der Waals surface area contributed by atoms with Gasteiger partial charge in [-0.1, -0.05) is 0 Å². The van der Waals surface area contributed by atoms with E-state index < -0.39 is 5.97 Å². The average Bonchev–Trinajstić information content (AvgIpc) is 2.93. The first-order chi connectivity index (χ1) is 12.0. The largest absolute Gasteiger partial charge is 0.508 e. The second kappa shape index (κ2) is 7.09. The fourth-order valence-corrected chi connectivity index (χ4v) is 4.09. The molecule has 0 amide bonds. The average molecular weight is 470 g/mol.